The highest BCUT2D eigenvalue weighted by Crippen LogP contribution is 2.14. The van der Waals surface area contributed by atoms with E-state index in [2.05, 4.69) is 22.2 Å². The van der Waals surface area contributed by atoms with Crippen LogP contribution in [-0.2, 0) is 0 Å². The Morgan fingerprint density at radius 3 is 2.62 bits per heavy atom. The molecule has 1 amide bonds. The number of nitrogens with one attached hydrogen (secondary N) is 2. The molecule has 21 heavy (non-hydrogen) atoms. The Balaban J connectivity index is 1.99. The average molecular weight is 283 g/mol. The van der Waals surface area contributed by atoms with Crippen molar-refractivity contribution in [3.63, 3.8) is 0 Å². The lowest BCUT2D eigenvalue weighted by atomic mass is 10.2. The maximum atomic E-state index is 12.1. The molecule has 0 saturated heterocycles. The molecule has 0 bridgehead atoms. The number of benzene rings is 1. The van der Waals surface area contributed by atoms with Crippen molar-refractivity contribution in [2.75, 3.05) is 24.3 Å². The van der Waals surface area contributed by atoms with Gasteiger partial charge in [0.05, 0.1) is 19.0 Å². The van der Waals surface area contributed by atoms with Crippen LogP contribution >= 0.6 is 0 Å². The first-order valence-corrected chi connectivity index (χ1v) is 6.49. The number of hydrogen-bond donors (Lipinski definition) is 2. The average Bonchev–Trinajstić information content (AvgIpc) is 2.54. The number of methoxy groups -OCH3 is 1. The molecule has 1 aromatic heterocycles. The molecule has 108 valence electrons. The van der Waals surface area contributed by atoms with E-state index in [1.165, 1.54) is 0 Å². The van der Waals surface area contributed by atoms with Gasteiger partial charge in [-0.15, -0.1) is 6.58 Å². The number of aromatic nitrogens is 1. The third-order valence-electron chi connectivity index (χ3n) is 2.80. The van der Waals surface area contributed by atoms with Gasteiger partial charge in [-0.3, -0.25) is 4.79 Å². The van der Waals surface area contributed by atoms with Crippen LogP contribution in [0.1, 0.15) is 10.4 Å². The SMILES string of the molecule is C=CCNc1ccc(NC(=O)c2ccc(OC)cc2)cn1. The maximum absolute atomic E-state index is 12.1. The third-order valence-corrected chi connectivity index (χ3v) is 2.80. The van der Waals surface area contributed by atoms with Gasteiger partial charge in [-0.25, -0.2) is 4.98 Å². The molecule has 2 aromatic rings. The van der Waals surface area contributed by atoms with E-state index in [-0.39, 0.29) is 5.91 Å². The lowest BCUT2D eigenvalue weighted by Crippen LogP contribution is -2.12. The Kier molecular flexibility index (Phi) is 4.93. The van der Waals surface area contributed by atoms with Gasteiger partial charge in [0.2, 0.25) is 0 Å². The van der Waals surface area contributed by atoms with Crippen molar-refractivity contribution < 1.29 is 9.53 Å². The molecule has 0 saturated carbocycles. The minimum Gasteiger partial charge on any atom is -0.497 e. The predicted molar refractivity (Wildman–Crippen MR) is 83.9 cm³/mol. The molecule has 1 aromatic carbocycles. The Labute approximate surface area is 123 Å². The summed E-state index contributed by atoms with van der Waals surface area (Å²) in [4.78, 5) is 16.3. The highest BCUT2D eigenvalue weighted by atomic mass is 16.5. The molecule has 2 N–H and O–H groups in total. The van der Waals surface area contributed by atoms with Crippen LogP contribution in [0.15, 0.2) is 55.3 Å². The Morgan fingerprint density at radius 1 is 1.29 bits per heavy atom. The van der Waals surface area contributed by atoms with Crippen molar-refractivity contribution in [1.29, 1.82) is 0 Å². The van der Waals surface area contributed by atoms with Crippen molar-refractivity contribution in [1.82, 2.24) is 4.98 Å². The number of pyridine rings is 1. The van der Waals surface area contributed by atoms with Crippen molar-refractivity contribution in [2.24, 2.45) is 0 Å². The normalized spacial score (nSPS) is 9.76. The molecule has 0 unspecified atom stereocenters. The quantitative estimate of drug-likeness (QED) is 0.800. The number of nitrogens with zero attached hydrogens (tertiary/aromatic N) is 1. The fraction of sp³-hybridized carbons (Fsp3) is 0.125. The summed E-state index contributed by atoms with van der Waals surface area (Å²) < 4.78 is 5.06. The van der Waals surface area contributed by atoms with Crippen molar-refractivity contribution in [3.05, 3.63) is 60.8 Å². The van der Waals surface area contributed by atoms with E-state index >= 15 is 0 Å². The molecular formula is C16H17N3O2. The highest BCUT2D eigenvalue weighted by molar-refractivity contribution is 6.04. The number of anilines is 2. The van der Waals surface area contributed by atoms with Gasteiger partial charge in [-0.1, -0.05) is 6.08 Å². The van der Waals surface area contributed by atoms with Gasteiger partial charge < -0.3 is 15.4 Å². The first kappa shape index (κ1) is 14.6. The monoisotopic (exact) mass is 283 g/mol. The molecule has 0 aliphatic rings. The van der Waals surface area contributed by atoms with Gasteiger partial charge in [0.25, 0.3) is 5.91 Å². The molecule has 0 aliphatic carbocycles. The first-order chi connectivity index (χ1) is 10.2. The summed E-state index contributed by atoms with van der Waals surface area (Å²) in [7, 11) is 1.59. The van der Waals surface area contributed by atoms with E-state index in [1.807, 2.05) is 0 Å². The van der Waals surface area contributed by atoms with Gasteiger partial charge in [0.15, 0.2) is 0 Å². The summed E-state index contributed by atoms with van der Waals surface area (Å²) in [6.45, 7) is 4.27. The van der Waals surface area contributed by atoms with Crippen LogP contribution in [0.2, 0.25) is 0 Å². The van der Waals surface area contributed by atoms with Crippen LogP contribution in [0.3, 0.4) is 0 Å². The molecule has 0 atom stereocenters. The van der Waals surface area contributed by atoms with Crippen molar-refractivity contribution >= 4 is 17.4 Å². The Morgan fingerprint density at radius 2 is 2.05 bits per heavy atom. The smallest absolute Gasteiger partial charge is 0.255 e. The number of ether oxygens (including phenoxy) is 1. The minimum atomic E-state index is -0.189. The van der Waals surface area contributed by atoms with Crippen molar-refractivity contribution in [2.45, 2.75) is 0 Å². The number of carbonyl (C=O) groups is 1. The molecule has 0 radical (unpaired) electrons. The number of amides is 1. The molecule has 5 nitrogen and oxygen atoms in total. The predicted octanol–water partition coefficient (Wildman–Crippen LogP) is 2.94. The molecule has 0 aliphatic heterocycles. The third kappa shape index (κ3) is 4.07. The van der Waals surface area contributed by atoms with E-state index < -0.39 is 0 Å². The molecular weight excluding hydrogens is 266 g/mol. The van der Waals surface area contributed by atoms with Crippen LogP contribution in [0.5, 0.6) is 5.75 Å². The lowest BCUT2D eigenvalue weighted by molar-refractivity contribution is 0.102. The zero-order valence-corrected chi connectivity index (χ0v) is 11.8. The van der Waals surface area contributed by atoms with Gasteiger partial charge in [0.1, 0.15) is 11.6 Å². The topological polar surface area (TPSA) is 63.2 Å². The summed E-state index contributed by atoms with van der Waals surface area (Å²) in [5.74, 6) is 1.26. The maximum Gasteiger partial charge on any atom is 0.255 e. The standard InChI is InChI=1S/C16H17N3O2/c1-3-10-17-15-9-6-13(11-18-15)19-16(20)12-4-7-14(21-2)8-5-12/h3-9,11H,1,10H2,2H3,(H,17,18)(H,19,20). The van der Waals surface area contributed by atoms with E-state index in [0.717, 1.165) is 5.82 Å². The van der Waals surface area contributed by atoms with Crippen LogP contribution in [0.4, 0.5) is 11.5 Å². The van der Waals surface area contributed by atoms with E-state index in [9.17, 15) is 4.79 Å². The number of hydrogen-bond acceptors (Lipinski definition) is 4. The van der Waals surface area contributed by atoms with Gasteiger partial charge in [-0.05, 0) is 36.4 Å². The van der Waals surface area contributed by atoms with E-state index in [0.29, 0.717) is 23.5 Å². The zero-order chi connectivity index (χ0) is 15.1. The van der Waals surface area contributed by atoms with Crippen LogP contribution in [-0.4, -0.2) is 24.5 Å². The first-order valence-electron chi connectivity index (χ1n) is 6.49. The largest absolute Gasteiger partial charge is 0.497 e. The summed E-state index contributed by atoms with van der Waals surface area (Å²) in [6, 6.07) is 10.5. The molecule has 5 heteroatoms. The summed E-state index contributed by atoms with van der Waals surface area (Å²) in [6.07, 6.45) is 3.36. The van der Waals surface area contributed by atoms with Crippen LogP contribution in [0, 0.1) is 0 Å². The Hall–Kier alpha value is -2.82. The second kappa shape index (κ2) is 7.09. The zero-order valence-electron chi connectivity index (χ0n) is 11.8. The van der Waals surface area contributed by atoms with Crippen LogP contribution < -0.4 is 15.4 Å². The molecule has 1 heterocycles. The fourth-order valence-electron chi connectivity index (χ4n) is 1.69. The fourth-order valence-corrected chi connectivity index (χ4v) is 1.69. The lowest BCUT2D eigenvalue weighted by Gasteiger charge is -2.07. The minimum absolute atomic E-state index is 0.189. The highest BCUT2D eigenvalue weighted by Gasteiger charge is 2.06. The van der Waals surface area contributed by atoms with Gasteiger partial charge in [-0.2, -0.15) is 0 Å². The van der Waals surface area contributed by atoms with E-state index in [4.69, 9.17) is 4.74 Å². The molecule has 0 spiro atoms. The molecule has 0 fully saturated rings. The van der Waals surface area contributed by atoms with Crippen LogP contribution in [0.25, 0.3) is 0 Å². The number of carbonyl (C=O) groups excluding carboxylic acids is 1. The summed E-state index contributed by atoms with van der Waals surface area (Å²) >= 11 is 0. The number of rotatable bonds is 6. The van der Waals surface area contributed by atoms with E-state index in [1.54, 1.807) is 55.8 Å². The van der Waals surface area contributed by atoms with Gasteiger partial charge in [0, 0.05) is 12.1 Å². The second-order valence-corrected chi connectivity index (χ2v) is 4.28. The van der Waals surface area contributed by atoms with Crippen molar-refractivity contribution in [3.8, 4) is 5.75 Å². The Bertz CT molecular complexity index is 606. The van der Waals surface area contributed by atoms with Gasteiger partial charge >= 0.3 is 0 Å². The second-order valence-electron chi connectivity index (χ2n) is 4.28. The summed E-state index contributed by atoms with van der Waals surface area (Å²) in [5, 5.41) is 5.85. The summed E-state index contributed by atoms with van der Waals surface area (Å²) in [5.41, 5.74) is 1.20. The molecule has 2 rings (SSSR count).